The maximum absolute atomic E-state index is 9.88. The first-order chi connectivity index (χ1) is 7.74. The molecule has 0 bridgehead atoms. The molecule has 4 nitrogen and oxygen atoms in total. The van der Waals surface area contributed by atoms with E-state index >= 15 is 0 Å². The minimum Gasteiger partial charge on any atom is -0.389 e. The van der Waals surface area contributed by atoms with Gasteiger partial charge in [-0.15, -0.1) is 0 Å². The van der Waals surface area contributed by atoms with Crippen molar-refractivity contribution in [3.8, 4) is 0 Å². The summed E-state index contributed by atoms with van der Waals surface area (Å²) in [6.07, 6.45) is 0. The molecule has 0 radical (unpaired) electrons. The number of hydrogen-bond donors (Lipinski definition) is 1. The monoisotopic (exact) mass is 239 g/mol. The van der Waals surface area contributed by atoms with E-state index in [1.807, 2.05) is 32.5 Å². The van der Waals surface area contributed by atoms with Gasteiger partial charge in [-0.1, -0.05) is 6.92 Å². The molecule has 0 aromatic carbocycles. The van der Waals surface area contributed by atoms with Gasteiger partial charge in [0.05, 0.1) is 11.3 Å². The third-order valence-corrected chi connectivity index (χ3v) is 3.10. The van der Waals surface area contributed by atoms with Gasteiger partial charge in [0, 0.05) is 31.4 Å². The highest BCUT2D eigenvalue weighted by Gasteiger charge is 2.19. The summed E-state index contributed by atoms with van der Waals surface area (Å²) in [6, 6.07) is 0. The summed E-state index contributed by atoms with van der Waals surface area (Å²) < 4.78 is 1.92. The zero-order valence-corrected chi connectivity index (χ0v) is 11.9. The average molecular weight is 239 g/mol. The minimum atomic E-state index is -0.653. The zero-order chi connectivity index (χ0) is 13.2. The highest BCUT2D eigenvalue weighted by Crippen LogP contribution is 2.16. The Kier molecular flexibility index (Phi) is 4.33. The van der Waals surface area contributed by atoms with Crippen molar-refractivity contribution in [1.82, 2.24) is 14.7 Å². The molecule has 0 aliphatic rings. The molecule has 1 N–H and O–H groups in total. The second kappa shape index (κ2) is 5.19. The largest absolute Gasteiger partial charge is 0.389 e. The summed E-state index contributed by atoms with van der Waals surface area (Å²) in [5.41, 5.74) is 2.91. The fourth-order valence-corrected chi connectivity index (χ4v) is 2.10. The van der Waals surface area contributed by atoms with Gasteiger partial charge in [-0.05, 0) is 34.2 Å². The van der Waals surface area contributed by atoms with Gasteiger partial charge in [-0.3, -0.25) is 9.58 Å². The first-order valence-corrected chi connectivity index (χ1v) is 6.18. The summed E-state index contributed by atoms with van der Waals surface area (Å²) in [5, 5.41) is 14.3. The van der Waals surface area contributed by atoms with Crippen molar-refractivity contribution in [2.75, 3.05) is 13.1 Å². The zero-order valence-electron chi connectivity index (χ0n) is 11.9. The maximum Gasteiger partial charge on any atom is 0.0718 e. The Labute approximate surface area is 104 Å². The molecule has 1 heterocycles. The van der Waals surface area contributed by atoms with Crippen LogP contribution in [0.3, 0.4) is 0 Å². The van der Waals surface area contributed by atoms with E-state index in [0.29, 0.717) is 6.54 Å². The first-order valence-electron chi connectivity index (χ1n) is 6.18. The molecule has 0 fully saturated rings. The van der Waals surface area contributed by atoms with Crippen LogP contribution in [0.4, 0.5) is 0 Å². The predicted octanol–water partition coefficient (Wildman–Crippen LogP) is 1.63. The number of nitrogens with zero attached hydrogens (tertiary/aromatic N) is 3. The van der Waals surface area contributed by atoms with Crippen LogP contribution < -0.4 is 0 Å². The van der Waals surface area contributed by atoms with Gasteiger partial charge >= 0.3 is 0 Å². The van der Waals surface area contributed by atoms with Crippen LogP contribution in [-0.4, -0.2) is 38.5 Å². The molecule has 98 valence electrons. The topological polar surface area (TPSA) is 41.3 Å². The van der Waals surface area contributed by atoms with Gasteiger partial charge < -0.3 is 5.11 Å². The molecule has 0 atom stereocenters. The number of aryl methyl sites for hydroxylation is 2. The SMILES string of the molecule is CCN(Cc1c(C)nn(C)c1C)CC(C)(C)O. The van der Waals surface area contributed by atoms with Gasteiger partial charge in [-0.25, -0.2) is 0 Å². The van der Waals surface area contributed by atoms with E-state index in [-0.39, 0.29) is 0 Å². The Morgan fingerprint density at radius 3 is 2.29 bits per heavy atom. The van der Waals surface area contributed by atoms with Crippen molar-refractivity contribution in [3.63, 3.8) is 0 Å². The summed E-state index contributed by atoms with van der Waals surface area (Å²) in [4.78, 5) is 2.25. The highest BCUT2D eigenvalue weighted by atomic mass is 16.3. The fourth-order valence-electron chi connectivity index (χ4n) is 2.10. The fraction of sp³-hybridized carbons (Fsp3) is 0.769. The Bertz CT molecular complexity index is 377. The summed E-state index contributed by atoms with van der Waals surface area (Å²) >= 11 is 0. The minimum absolute atomic E-state index is 0.653. The third-order valence-electron chi connectivity index (χ3n) is 3.10. The van der Waals surface area contributed by atoms with E-state index in [2.05, 4.69) is 23.8 Å². The molecule has 0 aliphatic carbocycles. The van der Waals surface area contributed by atoms with E-state index in [4.69, 9.17) is 0 Å². The van der Waals surface area contributed by atoms with Gasteiger partial charge in [0.1, 0.15) is 0 Å². The Morgan fingerprint density at radius 2 is 1.94 bits per heavy atom. The van der Waals surface area contributed by atoms with E-state index < -0.39 is 5.60 Å². The molecule has 0 amide bonds. The van der Waals surface area contributed by atoms with Crippen LogP contribution in [0.1, 0.15) is 37.7 Å². The van der Waals surface area contributed by atoms with Crippen molar-refractivity contribution in [2.24, 2.45) is 7.05 Å². The normalized spacial score (nSPS) is 12.5. The lowest BCUT2D eigenvalue weighted by atomic mass is 10.1. The van der Waals surface area contributed by atoms with Gasteiger partial charge in [-0.2, -0.15) is 5.10 Å². The van der Waals surface area contributed by atoms with Gasteiger partial charge in [0.25, 0.3) is 0 Å². The molecule has 1 aromatic heterocycles. The van der Waals surface area contributed by atoms with Crippen molar-refractivity contribution >= 4 is 0 Å². The lowest BCUT2D eigenvalue weighted by Gasteiger charge is -2.28. The number of rotatable bonds is 5. The molecule has 0 unspecified atom stereocenters. The molecule has 1 aromatic rings. The molecule has 4 heteroatoms. The second-order valence-electron chi connectivity index (χ2n) is 5.39. The molecular weight excluding hydrogens is 214 g/mol. The molecule has 1 rings (SSSR count). The van der Waals surface area contributed by atoms with Crippen LogP contribution in [0, 0.1) is 13.8 Å². The van der Waals surface area contributed by atoms with E-state index in [0.717, 1.165) is 18.8 Å². The van der Waals surface area contributed by atoms with E-state index in [1.54, 1.807) is 0 Å². The first kappa shape index (κ1) is 14.2. The van der Waals surface area contributed by atoms with Crippen molar-refractivity contribution in [3.05, 3.63) is 17.0 Å². The van der Waals surface area contributed by atoms with Crippen molar-refractivity contribution in [1.29, 1.82) is 0 Å². The molecule has 0 spiro atoms. The Hall–Kier alpha value is -0.870. The Morgan fingerprint density at radius 1 is 1.35 bits per heavy atom. The summed E-state index contributed by atoms with van der Waals surface area (Å²) in [6.45, 7) is 12.4. The van der Waals surface area contributed by atoms with E-state index in [9.17, 15) is 5.11 Å². The molecular formula is C13H25N3O. The Balaban J connectivity index is 2.81. The molecule has 17 heavy (non-hydrogen) atoms. The van der Waals surface area contributed by atoms with Crippen molar-refractivity contribution < 1.29 is 5.11 Å². The number of hydrogen-bond acceptors (Lipinski definition) is 3. The highest BCUT2D eigenvalue weighted by molar-refractivity contribution is 5.24. The summed E-state index contributed by atoms with van der Waals surface area (Å²) in [7, 11) is 1.97. The van der Waals surface area contributed by atoms with E-state index in [1.165, 1.54) is 11.3 Å². The molecule has 0 saturated carbocycles. The molecule has 0 aliphatic heterocycles. The average Bonchev–Trinajstić information content (AvgIpc) is 2.42. The lowest BCUT2D eigenvalue weighted by Crippen LogP contribution is -2.38. The smallest absolute Gasteiger partial charge is 0.0718 e. The quantitative estimate of drug-likeness (QED) is 0.849. The van der Waals surface area contributed by atoms with Gasteiger partial charge in [0.15, 0.2) is 0 Å². The predicted molar refractivity (Wildman–Crippen MR) is 69.9 cm³/mol. The van der Waals surface area contributed by atoms with Crippen LogP contribution in [0.2, 0.25) is 0 Å². The van der Waals surface area contributed by atoms with Crippen LogP contribution >= 0.6 is 0 Å². The maximum atomic E-state index is 9.88. The lowest BCUT2D eigenvalue weighted by molar-refractivity contribution is 0.0352. The number of likely N-dealkylation sites (N-methyl/N-ethyl adjacent to an activating group) is 1. The summed E-state index contributed by atoms with van der Waals surface area (Å²) in [5.74, 6) is 0. The van der Waals surface area contributed by atoms with Crippen LogP contribution in [0.5, 0.6) is 0 Å². The number of aliphatic hydroxyl groups is 1. The number of aromatic nitrogens is 2. The van der Waals surface area contributed by atoms with Crippen LogP contribution in [-0.2, 0) is 13.6 Å². The second-order valence-corrected chi connectivity index (χ2v) is 5.39. The van der Waals surface area contributed by atoms with Gasteiger partial charge in [0.2, 0.25) is 0 Å². The van der Waals surface area contributed by atoms with Crippen LogP contribution in [0.25, 0.3) is 0 Å². The van der Waals surface area contributed by atoms with Crippen LogP contribution in [0.15, 0.2) is 0 Å². The van der Waals surface area contributed by atoms with Crippen molar-refractivity contribution in [2.45, 2.75) is 46.8 Å². The third kappa shape index (κ3) is 3.82. The molecule has 0 saturated heterocycles. The standard InChI is InChI=1S/C13H25N3O/c1-7-16(9-13(4,5)17)8-12-10(2)14-15(6)11(12)3/h17H,7-9H2,1-6H3.